The molecule has 3 nitrogen and oxygen atoms in total. The van der Waals surface area contributed by atoms with E-state index in [9.17, 15) is 4.79 Å². The minimum absolute atomic E-state index is 0.0807. The van der Waals surface area contributed by atoms with Gasteiger partial charge >= 0.3 is 0 Å². The lowest BCUT2D eigenvalue weighted by atomic mass is 10.1. The van der Waals surface area contributed by atoms with Gasteiger partial charge in [-0.15, -0.1) is 0 Å². The van der Waals surface area contributed by atoms with Crippen molar-refractivity contribution in [2.75, 3.05) is 18.0 Å². The molecule has 1 fully saturated rings. The summed E-state index contributed by atoms with van der Waals surface area (Å²) in [4.78, 5) is 13.7. The number of halogens is 1. The fourth-order valence-corrected chi connectivity index (χ4v) is 3.02. The molecule has 1 aromatic carbocycles. The smallest absolute Gasteiger partial charge is 0.160 e. The van der Waals surface area contributed by atoms with E-state index in [0.29, 0.717) is 0 Å². The van der Waals surface area contributed by atoms with Crippen LogP contribution in [0.5, 0.6) is 0 Å². The van der Waals surface area contributed by atoms with Gasteiger partial charge in [0, 0.05) is 28.8 Å². The zero-order valence-corrected chi connectivity index (χ0v) is 12.5. The number of nitrogens with zero attached hydrogens (tertiary/aromatic N) is 1. The van der Waals surface area contributed by atoms with Crippen LogP contribution < -0.4 is 4.90 Å². The van der Waals surface area contributed by atoms with Crippen molar-refractivity contribution in [2.45, 2.75) is 33.0 Å². The number of rotatable bonds is 2. The van der Waals surface area contributed by atoms with Gasteiger partial charge in [0.25, 0.3) is 0 Å². The normalized spacial score (nSPS) is 24.1. The second-order valence-corrected chi connectivity index (χ2v) is 5.74. The number of morpholine rings is 1. The fourth-order valence-electron chi connectivity index (χ4n) is 2.37. The van der Waals surface area contributed by atoms with Crippen LogP contribution in [-0.4, -0.2) is 31.1 Å². The summed E-state index contributed by atoms with van der Waals surface area (Å²) >= 11 is 3.47. The maximum Gasteiger partial charge on any atom is 0.160 e. The van der Waals surface area contributed by atoms with E-state index in [0.717, 1.165) is 28.8 Å². The van der Waals surface area contributed by atoms with Crippen LogP contribution in [0.2, 0.25) is 0 Å². The monoisotopic (exact) mass is 311 g/mol. The van der Waals surface area contributed by atoms with Gasteiger partial charge in [-0.1, -0.05) is 0 Å². The van der Waals surface area contributed by atoms with E-state index in [1.165, 1.54) is 0 Å². The topological polar surface area (TPSA) is 29.5 Å². The molecule has 0 amide bonds. The van der Waals surface area contributed by atoms with Crippen LogP contribution >= 0.6 is 15.9 Å². The van der Waals surface area contributed by atoms with Crippen LogP contribution in [0.25, 0.3) is 0 Å². The molecule has 98 valence electrons. The van der Waals surface area contributed by atoms with Gasteiger partial charge in [-0.05, 0) is 54.9 Å². The highest BCUT2D eigenvalue weighted by atomic mass is 79.9. The average molecular weight is 312 g/mol. The highest BCUT2D eigenvalue weighted by Gasteiger charge is 2.22. The minimum atomic E-state index is 0.0807. The molecular weight excluding hydrogens is 294 g/mol. The van der Waals surface area contributed by atoms with Gasteiger partial charge in [-0.2, -0.15) is 0 Å². The first-order chi connectivity index (χ1) is 8.47. The molecule has 1 heterocycles. The maximum absolute atomic E-state index is 11.4. The first-order valence-corrected chi connectivity index (χ1v) is 6.97. The van der Waals surface area contributed by atoms with Gasteiger partial charge in [-0.3, -0.25) is 4.79 Å². The maximum atomic E-state index is 11.4. The number of ether oxygens (including phenoxy) is 1. The van der Waals surface area contributed by atoms with Gasteiger partial charge in [0.2, 0.25) is 0 Å². The highest BCUT2D eigenvalue weighted by molar-refractivity contribution is 9.10. The number of hydrogen-bond donors (Lipinski definition) is 0. The Morgan fingerprint density at radius 3 is 2.44 bits per heavy atom. The van der Waals surface area contributed by atoms with Crippen molar-refractivity contribution >= 4 is 27.4 Å². The Balaban J connectivity index is 2.23. The van der Waals surface area contributed by atoms with Crippen molar-refractivity contribution in [2.24, 2.45) is 0 Å². The largest absolute Gasteiger partial charge is 0.372 e. The van der Waals surface area contributed by atoms with Crippen molar-refractivity contribution in [3.05, 3.63) is 28.2 Å². The molecule has 2 atom stereocenters. The van der Waals surface area contributed by atoms with Crippen LogP contribution in [0, 0.1) is 0 Å². The number of ketones is 1. The Hall–Kier alpha value is -0.870. The third kappa shape index (κ3) is 2.93. The van der Waals surface area contributed by atoms with Crippen LogP contribution in [0.15, 0.2) is 22.7 Å². The summed E-state index contributed by atoms with van der Waals surface area (Å²) in [5, 5.41) is 0. The molecule has 0 N–H and O–H groups in total. The summed E-state index contributed by atoms with van der Waals surface area (Å²) in [6.07, 6.45) is 0.472. The predicted octanol–water partition coefficient (Wildman–Crippen LogP) is 3.27. The first kappa shape index (κ1) is 13.6. The second kappa shape index (κ2) is 5.41. The van der Waals surface area contributed by atoms with Gasteiger partial charge in [0.15, 0.2) is 5.78 Å². The number of benzene rings is 1. The number of Topliss-reactive ketones (excluding diaryl/α,β-unsaturated/α-hetero) is 1. The van der Waals surface area contributed by atoms with Crippen molar-refractivity contribution in [1.29, 1.82) is 0 Å². The molecule has 0 aliphatic carbocycles. The Bertz CT molecular complexity index is 451. The molecule has 18 heavy (non-hydrogen) atoms. The number of carbonyl (C=O) groups excluding carboxylic acids is 1. The zero-order valence-electron chi connectivity index (χ0n) is 10.9. The molecule has 0 radical (unpaired) electrons. The summed E-state index contributed by atoms with van der Waals surface area (Å²) in [5.41, 5.74) is 1.86. The molecule has 2 rings (SSSR count). The summed E-state index contributed by atoms with van der Waals surface area (Å²) in [6, 6.07) is 5.90. The van der Waals surface area contributed by atoms with E-state index in [1.807, 2.05) is 18.2 Å². The molecule has 1 aliphatic rings. The zero-order chi connectivity index (χ0) is 13.3. The summed E-state index contributed by atoms with van der Waals surface area (Å²) in [5.74, 6) is 0.0807. The van der Waals surface area contributed by atoms with Crippen LogP contribution in [0.3, 0.4) is 0 Å². The molecule has 1 aliphatic heterocycles. The van der Waals surface area contributed by atoms with Crippen LogP contribution in [0.4, 0.5) is 5.69 Å². The molecule has 2 unspecified atom stereocenters. The van der Waals surface area contributed by atoms with Gasteiger partial charge in [-0.25, -0.2) is 0 Å². The summed E-state index contributed by atoms with van der Waals surface area (Å²) < 4.78 is 6.58. The molecule has 1 saturated heterocycles. The summed E-state index contributed by atoms with van der Waals surface area (Å²) in [7, 11) is 0. The first-order valence-electron chi connectivity index (χ1n) is 6.18. The lowest BCUT2D eigenvalue weighted by Gasteiger charge is -2.37. The van der Waals surface area contributed by atoms with Gasteiger partial charge < -0.3 is 9.64 Å². The van der Waals surface area contributed by atoms with Crippen LogP contribution in [0.1, 0.15) is 31.1 Å². The van der Waals surface area contributed by atoms with Crippen molar-refractivity contribution < 1.29 is 9.53 Å². The molecule has 0 bridgehead atoms. The molecule has 4 heteroatoms. The van der Waals surface area contributed by atoms with Gasteiger partial charge in [0.1, 0.15) is 0 Å². The standard InChI is InChI=1S/C14H18BrNO2/c1-9-7-16(8-10(2)18-9)12-4-5-13(11(3)17)14(15)6-12/h4-6,9-10H,7-8H2,1-3H3. The van der Waals surface area contributed by atoms with Gasteiger partial charge in [0.05, 0.1) is 12.2 Å². The fraction of sp³-hybridized carbons (Fsp3) is 0.500. The third-order valence-corrected chi connectivity index (χ3v) is 3.77. The number of anilines is 1. The molecular formula is C14H18BrNO2. The molecule has 1 aromatic rings. The Kier molecular flexibility index (Phi) is 4.07. The molecule has 0 spiro atoms. The van der Waals surface area contributed by atoms with Crippen LogP contribution in [-0.2, 0) is 4.74 Å². The number of hydrogen-bond acceptors (Lipinski definition) is 3. The van der Waals surface area contributed by atoms with Crippen molar-refractivity contribution in [1.82, 2.24) is 0 Å². The lowest BCUT2D eigenvalue weighted by molar-refractivity contribution is -0.00522. The van der Waals surface area contributed by atoms with Crippen molar-refractivity contribution in [3.8, 4) is 0 Å². The lowest BCUT2D eigenvalue weighted by Crippen LogP contribution is -2.45. The highest BCUT2D eigenvalue weighted by Crippen LogP contribution is 2.26. The quantitative estimate of drug-likeness (QED) is 0.785. The summed E-state index contributed by atoms with van der Waals surface area (Å²) in [6.45, 7) is 7.52. The SMILES string of the molecule is CC(=O)c1ccc(N2CC(C)OC(C)C2)cc1Br. The average Bonchev–Trinajstić information content (AvgIpc) is 2.26. The third-order valence-electron chi connectivity index (χ3n) is 3.12. The number of carbonyl (C=O) groups is 1. The minimum Gasteiger partial charge on any atom is -0.372 e. The second-order valence-electron chi connectivity index (χ2n) is 4.88. The Morgan fingerprint density at radius 1 is 1.33 bits per heavy atom. The molecule has 0 aromatic heterocycles. The van der Waals surface area contributed by atoms with E-state index >= 15 is 0 Å². The van der Waals surface area contributed by atoms with E-state index in [2.05, 4.69) is 34.7 Å². The Labute approximate surface area is 116 Å². The van der Waals surface area contributed by atoms with E-state index in [-0.39, 0.29) is 18.0 Å². The Morgan fingerprint density at radius 2 is 1.94 bits per heavy atom. The predicted molar refractivity (Wildman–Crippen MR) is 76.4 cm³/mol. The molecule has 0 saturated carbocycles. The van der Waals surface area contributed by atoms with E-state index in [1.54, 1.807) is 6.92 Å². The van der Waals surface area contributed by atoms with E-state index < -0.39 is 0 Å². The van der Waals surface area contributed by atoms with E-state index in [4.69, 9.17) is 4.74 Å². The van der Waals surface area contributed by atoms with Crippen molar-refractivity contribution in [3.63, 3.8) is 0 Å².